The third-order valence-electron chi connectivity index (χ3n) is 2.54. The lowest BCUT2D eigenvalue weighted by molar-refractivity contribution is 0.600. The number of nitrogens with one attached hydrogen (secondary N) is 1. The summed E-state index contributed by atoms with van der Waals surface area (Å²) in [6.45, 7) is 3.63. The van der Waals surface area contributed by atoms with Crippen molar-refractivity contribution in [3.63, 3.8) is 0 Å². The van der Waals surface area contributed by atoms with Crippen LogP contribution in [0.4, 0.5) is 5.82 Å². The largest absolute Gasteiger partial charge is 0.263 e. The molecule has 0 aliphatic heterocycles. The molecule has 0 radical (unpaired) electrons. The number of sulfonamides is 1. The van der Waals surface area contributed by atoms with Gasteiger partial charge in [0.05, 0.1) is 4.90 Å². The van der Waals surface area contributed by atoms with E-state index in [1.165, 1.54) is 0 Å². The van der Waals surface area contributed by atoms with Crippen molar-refractivity contribution in [3.8, 4) is 0 Å². The van der Waals surface area contributed by atoms with Crippen LogP contribution in [0.25, 0.3) is 0 Å². The minimum absolute atomic E-state index is 0. The summed E-state index contributed by atoms with van der Waals surface area (Å²) in [6, 6.07) is 10.4. The molecule has 0 fully saturated rings. The number of halogens is 1. The molecule has 0 aliphatic carbocycles. The molecule has 0 bridgehead atoms. The molecule has 2 aromatic rings. The zero-order valence-corrected chi connectivity index (χ0v) is 12.3. The highest BCUT2D eigenvalue weighted by Gasteiger charge is 2.17. The number of rotatable bonds is 3. The van der Waals surface area contributed by atoms with Crippen molar-refractivity contribution in [1.29, 1.82) is 0 Å². The summed E-state index contributed by atoms with van der Waals surface area (Å²) >= 11 is 0. The van der Waals surface area contributed by atoms with Crippen molar-refractivity contribution >= 4 is 28.2 Å². The maximum Gasteiger partial charge on any atom is 0.263 e. The number of benzene rings is 1. The Morgan fingerprint density at radius 1 is 1.11 bits per heavy atom. The van der Waals surface area contributed by atoms with Crippen LogP contribution in [0.3, 0.4) is 0 Å². The summed E-state index contributed by atoms with van der Waals surface area (Å²) in [5, 5.41) is 0. The van der Waals surface area contributed by atoms with Crippen molar-refractivity contribution in [2.24, 2.45) is 0 Å². The van der Waals surface area contributed by atoms with E-state index in [1.807, 2.05) is 13.0 Å². The molecule has 1 aromatic carbocycles. The van der Waals surface area contributed by atoms with Crippen LogP contribution in [0.15, 0.2) is 47.5 Å². The normalized spacial score (nSPS) is 10.6. The Labute approximate surface area is 119 Å². The molecule has 1 heterocycles. The summed E-state index contributed by atoms with van der Waals surface area (Å²) in [5.41, 5.74) is 1.62. The number of pyridine rings is 1. The molecule has 0 atom stereocenters. The molecule has 0 saturated heterocycles. The Hall–Kier alpha value is -1.59. The minimum Gasteiger partial charge on any atom is -0.263 e. The third kappa shape index (κ3) is 3.68. The number of hydrogen-bond acceptors (Lipinski definition) is 3. The van der Waals surface area contributed by atoms with Crippen LogP contribution in [0.2, 0.25) is 0 Å². The number of aromatic nitrogens is 1. The zero-order valence-electron chi connectivity index (χ0n) is 10.6. The second-order valence-electron chi connectivity index (χ2n) is 4.09. The second kappa shape index (κ2) is 6.04. The smallest absolute Gasteiger partial charge is 0.263 e. The van der Waals surface area contributed by atoms with E-state index < -0.39 is 10.0 Å². The molecule has 19 heavy (non-hydrogen) atoms. The lowest BCUT2D eigenvalue weighted by Crippen LogP contribution is -2.15. The third-order valence-corrected chi connectivity index (χ3v) is 4.03. The van der Waals surface area contributed by atoms with Crippen LogP contribution in [-0.2, 0) is 10.0 Å². The van der Waals surface area contributed by atoms with Gasteiger partial charge < -0.3 is 0 Å². The minimum atomic E-state index is -3.58. The predicted octanol–water partition coefficient (Wildman–Crippen LogP) is 2.92. The molecule has 102 valence electrons. The van der Waals surface area contributed by atoms with Crippen LogP contribution in [0.5, 0.6) is 0 Å². The van der Waals surface area contributed by atoms with Crippen molar-refractivity contribution in [1.82, 2.24) is 4.98 Å². The van der Waals surface area contributed by atoms with Crippen molar-refractivity contribution < 1.29 is 8.42 Å². The summed E-state index contributed by atoms with van der Waals surface area (Å²) in [6.07, 6.45) is 1.54. The molecule has 0 saturated carbocycles. The Kier molecular flexibility index (Phi) is 4.91. The number of anilines is 1. The Bertz CT molecular complexity index is 658. The fourth-order valence-electron chi connectivity index (χ4n) is 1.61. The van der Waals surface area contributed by atoms with E-state index in [1.54, 1.807) is 43.5 Å². The summed E-state index contributed by atoms with van der Waals surface area (Å²) in [4.78, 5) is 4.24. The first kappa shape index (κ1) is 15.5. The van der Waals surface area contributed by atoms with Crippen LogP contribution in [0.1, 0.15) is 11.1 Å². The predicted molar refractivity (Wildman–Crippen MR) is 78.2 cm³/mol. The van der Waals surface area contributed by atoms with Gasteiger partial charge in [-0.3, -0.25) is 4.72 Å². The quantitative estimate of drug-likeness (QED) is 0.948. The van der Waals surface area contributed by atoms with Gasteiger partial charge in [-0.1, -0.05) is 18.2 Å². The standard InChI is InChI=1S/C13H14N2O2S.ClH/c1-10-6-7-11(2)12(9-10)18(16,17)15-13-5-3-4-8-14-13;/h3-9H,1-2H3,(H,14,15);1H. The van der Waals surface area contributed by atoms with Gasteiger partial charge in [0.2, 0.25) is 0 Å². The lowest BCUT2D eigenvalue weighted by Gasteiger charge is -2.10. The highest BCUT2D eigenvalue weighted by atomic mass is 35.5. The summed E-state index contributed by atoms with van der Waals surface area (Å²) in [7, 11) is -3.58. The Balaban J connectivity index is 0.00000180. The van der Waals surface area contributed by atoms with E-state index in [2.05, 4.69) is 9.71 Å². The van der Waals surface area contributed by atoms with Gasteiger partial charge in [-0.2, -0.15) is 0 Å². The molecule has 0 spiro atoms. The van der Waals surface area contributed by atoms with E-state index in [4.69, 9.17) is 0 Å². The van der Waals surface area contributed by atoms with Gasteiger partial charge in [0.15, 0.2) is 0 Å². The molecule has 0 amide bonds. The molecule has 2 rings (SSSR count). The van der Waals surface area contributed by atoms with Gasteiger partial charge >= 0.3 is 0 Å². The molecule has 6 heteroatoms. The van der Waals surface area contributed by atoms with Gasteiger partial charge in [-0.15, -0.1) is 12.4 Å². The van der Waals surface area contributed by atoms with Crippen molar-refractivity contribution in [3.05, 3.63) is 53.7 Å². The molecule has 1 aromatic heterocycles. The average Bonchev–Trinajstić information content (AvgIpc) is 2.33. The maximum absolute atomic E-state index is 12.2. The van der Waals surface area contributed by atoms with E-state index in [0.29, 0.717) is 11.4 Å². The fourth-order valence-corrected chi connectivity index (χ4v) is 2.95. The van der Waals surface area contributed by atoms with Gasteiger partial charge in [-0.25, -0.2) is 13.4 Å². The highest BCUT2D eigenvalue weighted by Crippen LogP contribution is 2.19. The molecular formula is C13H15ClN2O2S. The van der Waals surface area contributed by atoms with Gasteiger partial charge in [0.1, 0.15) is 5.82 Å². The lowest BCUT2D eigenvalue weighted by atomic mass is 10.2. The number of aryl methyl sites for hydroxylation is 2. The first-order chi connectivity index (χ1) is 8.49. The fraction of sp³-hybridized carbons (Fsp3) is 0.154. The molecular weight excluding hydrogens is 284 g/mol. The van der Waals surface area contributed by atoms with Gasteiger partial charge in [0.25, 0.3) is 10.0 Å². The van der Waals surface area contributed by atoms with Crippen LogP contribution in [0, 0.1) is 13.8 Å². The maximum atomic E-state index is 12.2. The van der Waals surface area contributed by atoms with Crippen molar-refractivity contribution in [2.45, 2.75) is 18.7 Å². The van der Waals surface area contributed by atoms with E-state index >= 15 is 0 Å². The Morgan fingerprint density at radius 2 is 1.84 bits per heavy atom. The van der Waals surface area contributed by atoms with E-state index in [0.717, 1.165) is 5.56 Å². The topological polar surface area (TPSA) is 59.1 Å². The second-order valence-corrected chi connectivity index (χ2v) is 5.74. The SMILES string of the molecule is Cc1ccc(C)c(S(=O)(=O)Nc2ccccn2)c1.Cl. The monoisotopic (exact) mass is 298 g/mol. The Morgan fingerprint density at radius 3 is 2.47 bits per heavy atom. The first-order valence-corrected chi connectivity index (χ1v) is 6.98. The zero-order chi connectivity index (χ0) is 13.2. The number of nitrogens with zero attached hydrogens (tertiary/aromatic N) is 1. The summed E-state index contributed by atoms with van der Waals surface area (Å²) < 4.78 is 26.9. The van der Waals surface area contributed by atoms with E-state index in [9.17, 15) is 8.42 Å². The highest BCUT2D eigenvalue weighted by molar-refractivity contribution is 7.92. The molecule has 1 N–H and O–H groups in total. The first-order valence-electron chi connectivity index (χ1n) is 5.50. The van der Waals surface area contributed by atoms with Crippen LogP contribution < -0.4 is 4.72 Å². The average molecular weight is 299 g/mol. The van der Waals surface area contributed by atoms with Crippen LogP contribution in [-0.4, -0.2) is 13.4 Å². The van der Waals surface area contributed by atoms with Crippen molar-refractivity contribution in [2.75, 3.05) is 4.72 Å². The number of hydrogen-bond donors (Lipinski definition) is 1. The molecule has 4 nitrogen and oxygen atoms in total. The van der Waals surface area contributed by atoms with Gasteiger partial charge in [-0.05, 0) is 43.2 Å². The molecule has 0 unspecified atom stereocenters. The summed E-state index contributed by atoms with van der Waals surface area (Å²) in [5.74, 6) is 0.318. The van der Waals surface area contributed by atoms with Crippen LogP contribution >= 0.6 is 12.4 Å². The van der Waals surface area contributed by atoms with Gasteiger partial charge in [0, 0.05) is 6.20 Å². The molecule has 0 aliphatic rings. The van der Waals surface area contributed by atoms with E-state index in [-0.39, 0.29) is 17.3 Å².